The van der Waals surface area contributed by atoms with Crippen LogP contribution >= 0.6 is 0 Å². The van der Waals surface area contributed by atoms with E-state index in [0.717, 1.165) is 5.56 Å². The summed E-state index contributed by atoms with van der Waals surface area (Å²) in [5, 5.41) is 10.2. The Kier molecular flexibility index (Phi) is 3.17. The molecule has 4 nitrogen and oxygen atoms in total. The van der Waals surface area contributed by atoms with E-state index in [4.69, 9.17) is 0 Å². The van der Waals surface area contributed by atoms with Gasteiger partial charge in [0, 0.05) is 18.2 Å². The average molecular weight is 193 g/mol. The Morgan fingerprint density at radius 3 is 2.64 bits per heavy atom. The Balaban J connectivity index is 2.46. The molecule has 0 spiro atoms. The maximum absolute atomic E-state index is 11.5. The van der Waals surface area contributed by atoms with E-state index >= 15 is 0 Å². The van der Waals surface area contributed by atoms with Gasteiger partial charge in [0.05, 0.1) is 6.20 Å². The summed E-state index contributed by atoms with van der Waals surface area (Å²) in [6, 6.07) is 1.83. The van der Waals surface area contributed by atoms with Crippen LogP contribution in [0.1, 0.15) is 26.3 Å². The van der Waals surface area contributed by atoms with Gasteiger partial charge >= 0.3 is 0 Å². The Morgan fingerprint density at radius 2 is 2.14 bits per heavy atom. The van der Waals surface area contributed by atoms with Gasteiger partial charge in [-0.1, -0.05) is 20.8 Å². The molecule has 1 rings (SSSR count). The van der Waals surface area contributed by atoms with Crippen molar-refractivity contribution in [1.82, 2.24) is 15.5 Å². The quantitative estimate of drug-likeness (QED) is 0.766. The third-order valence-corrected chi connectivity index (χ3v) is 1.78. The molecule has 0 aliphatic heterocycles. The first kappa shape index (κ1) is 10.6. The molecule has 4 heteroatoms. The summed E-state index contributed by atoms with van der Waals surface area (Å²) in [5.41, 5.74) is 0.609. The van der Waals surface area contributed by atoms with Crippen LogP contribution in [-0.2, 0) is 11.3 Å². The van der Waals surface area contributed by atoms with Crippen LogP contribution in [0.15, 0.2) is 18.5 Å². The first-order valence-corrected chi connectivity index (χ1v) is 4.54. The van der Waals surface area contributed by atoms with Crippen LogP contribution in [0.4, 0.5) is 0 Å². The van der Waals surface area contributed by atoms with E-state index in [1.807, 2.05) is 26.8 Å². The highest BCUT2D eigenvalue weighted by molar-refractivity contribution is 5.81. The lowest BCUT2D eigenvalue weighted by atomic mass is 9.96. The van der Waals surface area contributed by atoms with Gasteiger partial charge in [-0.15, -0.1) is 0 Å². The normalized spacial score (nSPS) is 11.1. The molecule has 0 unspecified atom stereocenters. The first-order valence-electron chi connectivity index (χ1n) is 4.54. The summed E-state index contributed by atoms with van der Waals surface area (Å²) in [7, 11) is 0. The maximum Gasteiger partial charge on any atom is 0.225 e. The van der Waals surface area contributed by atoms with Crippen LogP contribution < -0.4 is 5.32 Å². The highest BCUT2D eigenvalue weighted by Gasteiger charge is 2.20. The minimum absolute atomic E-state index is 0.0364. The first-order chi connectivity index (χ1) is 6.50. The lowest BCUT2D eigenvalue weighted by Crippen LogP contribution is -2.34. The van der Waals surface area contributed by atoms with E-state index in [1.54, 1.807) is 12.4 Å². The summed E-state index contributed by atoms with van der Waals surface area (Å²) >= 11 is 0. The average Bonchev–Trinajstić information content (AvgIpc) is 2.14. The van der Waals surface area contributed by atoms with Crippen molar-refractivity contribution in [3.8, 4) is 0 Å². The summed E-state index contributed by atoms with van der Waals surface area (Å²) < 4.78 is 0. The Bertz CT molecular complexity index is 303. The predicted molar refractivity (Wildman–Crippen MR) is 53.3 cm³/mol. The van der Waals surface area contributed by atoms with Crippen molar-refractivity contribution in [2.24, 2.45) is 5.41 Å². The number of hydrogen-bond donors (Lipinski definition) is 1. The van der Waals surface area contributed by atoms with Gasteiger partial charge in [-0.05, 0) is 11.6 Å². The molecular weight excluding hydrogens is 178 g/mol. The lowest BCUT2D eigenvalue weighted by molar-refractivity contribution is -0.128. The third-order valence-electron chi connectivity index (χ3n) is 1.78. The number of carbonyl (C=O) groups is 1. The van der Waals surface area contributed by atoms with Gasteiger partial charge in [-0.3, -0.25) is 4.79 Å². The van der Waals surface area contributed by atoms with Crippen molar-refractivity contribution in [3.63, 3.8) is 0 Å². The molecule has 0 saturated heterocycles. The van der Waals surface area contributed by atoms with Gasteiger partial charge in [0.2, 0.25) is 5.91 Å². The molecule has 0 fully saturated rings. The third kappa shape index (κ3) is 3.12. The van der Waals surface area contributed by atoms with Crippen LogP contribution in [0.25, 0.3) is 0 Å². The number of rotatable bonds is 2. The molecule has 1 amide bonds. The van der Waals surface area contributed by atoms with Gasteiger partial charge in [0.25, 0.3) is 0 Å². The van der Waals surface area contributed by atoms with Gasteiger partial charge in [0.15, 0.2) is 0 Å². The zero-order chi connectivity index (χ0) is 10.6. The molecule has 1 N–H and O–H groups in total. The molecule has 0 aliphatic carbocycles. The standard InChI is InChI=1S/C10H15N3O/c1-10(2,3)9(14)11-6-8-4-5-12-13-7-8/h4-5,7H,6H2,1-3H3,(H,11,14). The summed E-state index contributed by atoms with van der Waals surface area (Å²) in [6.07, 6.45) is 3.25. The van der Waals surface area contributed by atoms with Crippen LogP contribution in [0.3, 0.4) is 0 Å². The molecule has 76 valence electrons. The molecular formula is C10H15N3O. The maximum atomic E-state index is 11.5. The zero-order valence-electron chi connectivity index (χ0n) is 8.74. The Labute approximate surface area is 83.7 Å². The largest absolute Gasteiger partial charge is 0.352 e. The lowest BCUT2D eigenvalue weighted by Gasteiger charge is -2.17. The Hall–Kier alpha value is -1.45. The van der Waals surface area contributed by atoms with Crippen molar-refractivity contribution in [3.05, 3.63) is 24.0 Å². The molecule has 0 aromatic carbocycles. The van der Waals surface area contributed by atoms with Crippen LogP contribution in [0.2, 0.25) is 0 Å². The molecule has 0 radical (unpaired) electrons. The van der Waals surface area contributed by atoms with Crippen LogP contribution in [-0.4, -0.2) is 16.1 Å². The van der Waals surface area contributed by atoms with Crippen molar-refractivity contribution < 1.29 is 4.79 Å². The number of hydrogen-bond acceptors (Lipinski definition) is 3. The summed E-state index contributed by atoms with van der Waals surface area (Å²) in [5.74, 6) is 0.0364. The molecule has 0 aliphatic rings. The number of nitrogens with one attached hydrogen (secondary N) is 1. The fourth-order valence-corrected chi connectivity index (χ4v) is 0.870. The summed E-state index contributed by atoms with van der Waals surface area (Å²) in [6.45, 7) is 6.15. The molecule has 0 saturated carbocycles. The van der Waals surface area contributed by atoms with E-state index in [9.17, 15) is 4.79 Å². The van der Waals surface area contributed by atoms with E-state index in [1.165, 1.54) is 0 Å². The highest BCUT2D eigenvalue weighted by atomic mass is 16.2. The fourth-order valence-electron chi connectivity index (χ4n) is 0.870. The SMILES string of the molecule is CC(C)(C)C(=O)NCc1ccnnc1. The minimum Gasteiger partial charge on any atom is -0.352 e. The highest BCUT2D eigenvalue weighted by Crippen LogP contribution is 2.12. The molecule has 1 aromatic heterocycles. The number of nitrogens with zero attached hydrogens (tertiary/aromatic N) is 2. The smallest absolute Gasteiger partial charge is 0.225 e. The minimum atomic E-state index is -0.347. The van der Waals surface area contributed by atoms with E-state index in [0.29, 0.717) is 6.54 Å². The number of aromatic nitrogens is 2. The van der Waals surface area contributed by atoms with E-state index < -0.39 is 0 Å². The number of amides is 1. The van der Waals surface area contributed by atoms with Crippen molar-refractivity contribution in [2.75, 3.05) is 0 Å². The van der Waals surface area contributed by atoms with E-state index in [2.05, 4.69) is 15.5 Å². The van der Waals surface area contributed by atoms with Gasteiger partial charge < -0.3 is 5.32 Å². The fraction of sp³-hybridized carbons (Fsp3) is 0.500. The molecule has 0 atom stereocenters. The second-order valence-electron chi connectivity index (χ2n) is 4.18. The number of carbonyl (C=O) groups excluding carboxylic acids is 1. The van der Waals surface area contributed by atoms with Crippen LogP contribution in [0.5, 0.6) is 0 Å². The molecule has 0 bridgehead atoms. The monoisotopic (exact) mass is 193 g/mol. The summed E-state index contributed by atoms with van der Waals surface area (Å²) in [4.78, 5) is 11.5. The van der Waals surface area contributed by atoms with Gasteiger partial charge in [-0.2, -0.15) is 10.2 Å². The predicted octanol–water partition coefficient (Wildman–Crippen LogP) is 1.14. The van der Waals surface area contributed by atoms with Gasteiger partial charge in [0.1, 0.15) is 0 Å². The van der Waals surface area contributed by atoms with Crippen LogP contribution in [0, 0.1) is 5.41 Å². The Morgan fingerprint density at radius 1 is 1.43 bits per heavy atom. The topological polar surface area (TPSA) is 54.9 Å². The second-order valence-corrected chi connectivity index (χ2v) is 4.18. The van der Waals surface area contributed by atoms with Crippen molar-refractivity contribution >= 4 is 5.91 Å². The van der Waals surface area contributed by atoms with Gasteiger partial charge in [-0.25, -0.2) is 0 Å². The molecule has 14 heavy (non-hydrogen) atoms. The zero-order valence-corrected chi connectivity index (χ0v) is 8.74. The van der Waals surface area contributed by atoms with Crippen molar-refractivity contribution in [1.29, 1.82) is 0 Å². The molecule has 1 aromatic rings. The van der Waals surface area contributed by atoms with E-state index in [-0.39, 0.29) is 11.3 Å². The van der Waals surface area contributed by atoms with Crippen molar-refractivity contribution in [2.45, 2.75) is 27.3 Å². The molecule has 1 heterocycles. The second kappa shape index (κ2) is 4.17.